The van der Waals surface area contributed by atoms with Crippen molar-refractivity contribution in [3.63, 3.8) is 0 Å². The highest BCUT2D eigenvalue weighted by atomic mass is 79.9. The summed E-state index contributed by atoms with van der Waals surface area (Å²) in [5, 5.41) is 0. The van der Waals surface area contributed by atoms with E-state index >= 15 is 0 Å². The molecule has 0 heterocycles. The molecule has 0 aromatic heterocycles. The van der Waals surface area contributed by atoms with Gasteiger partial charge < -0.3 is 14.2 Å². The Hall–Kier alpha value is 0.350. The number of rotatable bonds is 13. The standard InChI is InChI=1S/C23H40Br2O4/c1-2-3-4-5-6-10-13-29-23(26)18-16-20(24)22(21(25)17-18)28-15-14-27-19-11-8-7-9-12-19/h18-22H,2-17H2,1H3. The average Bonchev–Trinajstić information content (AvgIpc) is 2.72. The molecule has 0 N–H and O–H groups in total. The van der Waals surface area contributed by atoms with Crippen LogP contribution in [0.25, 0.3) is 0 Å². The molecule has 2 rings (SSSR count). The van der Waals surface area contributed by atoms with Crippen LogP contribution in [0.15, 0.2) is 0 Å². The normalized spacial score (nSPS) is 28.4. The number of hydrogen-bond donors (Lipinski definition) is 0. The van der Waals surface area contributed by atoms with E-state index in [0.717, 1.165) is 25.7 Å². The largest absolute Gasteiger partial charge is 0.465 e. The summed E-state index contributed by atoms with van der Waals surface area (Å²) in [6, 6.07) is 0. The van der Waals surface area contributed by atoms with Crippen molar-refractivity contribution in [1.29, 1.82) is 0 Å². The molecule has 0 saturated heterocycles. The zero-order valence-corrected chi connectivity index (χ0v) is 21.3. The number of halogens is 2. The van der Waals surface area contributed by atoms with Crippen molar-refractivity contribution >= 4 is 37.8 Å². The molecule has 0 spiro atoms. The molecule has 2 aliphatic rings. The molecule has 0 aliphatic heterocycles. The molecular weight excluding hydrogens is 500 g/mol. The Balaban J connectivity index is 1.58. The van der Waals surface area contributed by atoms with Crippen molar-refractivity contribution in [1.82, 2.24) is 0 Å². The Morgan fingerprint density at radius 1 is 0.828 bits per heavy atom. The highest BCUT2D eigenvalue weighted by Crippen LogP contribution is 2.36. The maximum atomic E-state index is 12.4. The summed E-state index contributed by atoms with van der Waals surface area (Å²) in [4.78, 5) is 12.8. The minimum Gasteiger partial charge on any atom is -0.465 e. The second kappa shape index (κ2) is 15.2. The van der Waals surface area contributed by atoms with Crippen LogP contribution in [0.4, 0.5) is 0 Å². The maximum absolute atomic E-state index is 12.4. The van der Waals surface area contributed by atoms with E-state index in [1.807, 2.05) is 0 Å². The van der Waals surface area contributed by atoms with E-state index in [2.05, 4.69) is 38.8 Å². The van der Waals surface area contributed by atoms with Crippen molar-refractivity contribution in [2.75, 3.05) is 19.8 Å². The number of ether oxygens (including phenoxy) is 3. The summed E-state index contributed by atoms with van der Waals surface area (Å²) >= 11 is 7.49. The van der Waals surface area contributed by atoms with Gasteiger partial charge in [-0.25, -0.2) is 0 Å². The fraction of sp³-hybridized carbons (Fsp3) is 0.957. The predicted octanol–water partition coefficient (Wildman–Crippen LogP) is 6.56. The van der Waals surface area contributed by atoms with Crippen LogP contribution in [-0.2, 0) is 19.0 Å². The Kier molecular flexibility index (Phi) is 13.4. The number of esters is 1. The van der Waals surface area contributed by atoms with Crippen LogP contribution < -0.4 is 0 Å². The van der Waals surface area contributed by atoms with E-state index in [0.29, 0.717) is 25.9 Å². The van der Waals surface area contributed by atoms with Crippen molar-refractivity contribution in [2.45, 2.75) is 112 Å². The molecule has 0 aromatic rings. The first kappa shape index (κ1) is 25.6. The molecule has 0 amide bonds. The molecule has 2 unspecified atom stereocenters. The van der Waals surface area contributed by atoms with Gasteiger partial charge in [0.25, 0.3) is 0 Å². The van der Waals surface area contributed by atoms with Gasteiger partial charge in [0.1, 0.15) is 0 Å². The van der Waals surface area contributed by atoms with Crippen LogP contribution >= 0.6 is 31.9 Å². The molecule has 2 atom stereocenters. The van der Waals surface area contributed by atoms with E-state index in [-0.39, 0.29) is 27.6 Å². The van der Waals surface area contributed by atoms with Gasteiger partial charge >= 0.3 is 5.97 Å². The quantitative estimate of drug-likeness (QED) is 0.151. The fourth-order valence-electron chi connectivity index (χ4n) is 4.34. The molecule has 0 radical (unpaired) electrons. The molecule has 170 valence electrons. The minimum atomic E-state index is -0.0535. The van der Waals surface area contributed by atoms with E-state index in [9.17, 15) is 4.79 Å². The Morgan fingerprint density at radius 3 is 2.14 bits per heavy atom. The molecule has 4 nitrogen and oxygen atoms in total. The number of unbranched alkanes of at least 4 members (excludes halogenated alkanes) is 5. The fourth-order valence-corrected chi connectivity index (χ4v) is 6.69. The molecule has 2 aliphatic carbocycles. The van der Waals surface area contributed by atoms with Gasteiger partial charge in [-0.2, -0.15) is 0 Å². The van der Waals surface area contributed by atoms with Crippen LogP contribution in [0.5, 0.6) is 0 Å². The third-order valence-electron chi connectivity index (χ3n) is 6.11. The number of carbonyl (C=O) groups is 1. The smallest absolute Gasteiger partial charge is 0.309 e. The third kappa shape index (κ3) is 10.0. The molecule has 29 heavy (non-hydrogen) atoms. The van der Waals surface area contributed by atoms with Gasteiger partial charge in [0.05, 0.1) is 37.9 Å². The van der Waals surface area contributed by atoms with Gasteiger partial charge in [-0.3, -0.25) is 4.79 Å². The molecule has 0 bridgehead atoms. The van der Waals surface area contributed by atoms with E-state index in [4.69, 9.17) is 14.2 Å². The van der Waals surface area contributed by atoms with Crippen molar-refractivity contribution in [2.24, 2.45) is 5.92 Å². The monoisotopic (exact) mass is 538 g/mol. The summed E-state index contributed by atoms with van der Waals surface area (Å²) in [7, 11) is 0. The first-order chi connectivity index (χ1) is 14.1. The Labute approximate surface area is 194 Å². The van der Waals surface area contributed by atoms with Gasteiger partial charge in [-0.15, -0.1) is 0 Å². The zero-order chi connectivity index (χ0) is 20.9. The highest BCUT2D eigenvalue weighted by molar-refractivity contribution is 9.10. The molecule has 0 aromatic carbocycles. The van der Waals surface area contributed by atoms with Gasteiger partial charge in [0, 0.05) is 9.65 Å². The van der Waals surface area contributed by atoms with Crippen LogP contribution in [0.3, 0.4) is 0 Å². The lowest BCUT2D eigenvalue weighted by molar-refractivity contribution is -0.150. The predicted molar refractivity (Wildman–Crippen MR) is 125 cm³/mol. The number of hydrogen-bond acceptors (Lipinski definition) is 4. The maximum Gasteiger partial charge on any atom is 0.309 e. The second-order valence-electron chi connectivity index (χ2n) is 8.60. The molecule has 6 heteroatoms. The van der Waals surface area contributed by atoms with E-state index in [1.54, 1.807) is 0 Å². The Morgan fingerprint density at radius 2 is 1.45 bits per heavy atom. The van der Waals surface area contributed by atoms with Crippen LogP contribution in [0.1, 0.15) is 90.4 Å². The number of alkyl halides is 2. The third-order valence-corrected chi connectivity index (χ3v) is 7.90. The number of carbonyl (C=O) groups excluding carboxylic acids is 1. The lowest BCUT2D eigenvalue weighted by Gasteiger charge is -2.36. The van der Waals surface area contributed by atoms with E-state index in [1.165, 1.54) is 57.8 Å². The minimum absolute atomic E-state index is 0.0495. The van der Waals surface area contributed by atoms with Gasteiger partial charge in [0.2, 0.25) is 0 Å². The van der Waals surface area contributed by atoms with Crippen LogP contribution in [0, 0.1) is 5.92 Å². The average molecular weight is 540 g/mol. The highest BCUT2D eigenvalue weighted by Gasteiger charge is 2.39. The van der Waals surface area contributed by atoms with Gasteiger partial charge in [-0.1, -0.05) is 90.2 Å². The Bertz CT molecular complexity index is 431. The van der Waals surface area contributed by atoms with E-state index < -0.39 is 0 Å². The summed E-state index contributed by atoms with van der Waals surface area (Å²) in [5.74, 6) is -0.103. The van der Waals surface area contributed by atoms with Crippen LogP contribution in [0.2, 0.25) is 0 Å². The summed E-state index contributed by atoms with van der Waals surface area (Å²) in [5.41, 5.74) is 0. The summed E-state index contributed by atoms with van der Waals surface area (Å²) in [6.45, 7) is 4.05. The lowest BCUT2D eigenvalue weighted by atomic mass is 9.87. The lowest BCUT2D eigenvalue weighted by Crippen LogP contribution is -2.43. The van der Waals surface area contributed by atoms with Crippen molar-refractivity contribution < 1.29 is 19.0 Å². The first-order valence-electron chi connectivity index (χ1n) is 11.8. The topological polar surface area (TPSA) is 44.8 Å². The SMILES string of the molecule is CCCCCCCCOC(=O)C1CC(Br)C(OCCOC2CCCCC2)C(Br)C1. The van der Waals surface area contributed by atoms with Gasteiger partial charge in [-0.05, 0) is 32.1 Å². The van der Waals surface area contributed by atoms with Crippen molar-refractivity contribution in [3.8, 4) is 0 Å². The van der Waals surface area contributed by atoms with Crippen molar-refractivity contribution in [3.05, 3.63) is 0 Å². The summed E-state index contributed by atoms with van der Waals surface area (Å²) < 4.78 is 17.6. The van der Waals surface area contributed by atoms with Crippen LogP contribution in [-0.4, -0.2) is 47.7 Å². The molecule has 2 saturated carbocycles. The zero-order valence-electron chi connectivity index (χ0n) is 18.1. The van der Waals surface area contributed by atoms with Gasteiger partial charge in [0.15, 0.2) is 0 Å². The first-order valence-corrected chi connectivity index (χ1v) is 13.6. The summed E-state index contributed by atoms with van der Waals surface area (Å²) in [6.07, 6.45) is 15.5. The second-order valence-corrected chi connectivity index (χ2v) is 11.0. The molecule has 2 fully saturated rings. The molecular formula is C23H40Br2O4.